The van der Waals surface area contributed by atoms with E-state index in [0.717, 1.165) is 0 Å². The number of hydrogen-bond acceptors (Lipinski definition) is 2. The van der Waals surface area contributed by atoms with Crippen LogP contribution in [-0.4, -0.2) is 25.5 Å². The van der Waals surface area contributed by atoms with E-state index in [0.29, 0.717) is 25.2 Å². The molecule has 2 N–H and O–H groups in total. The highest BCUT2D eigenvalue weighted by Crippen LogP contribution is 1.86. The van der Waals surface area contributed by atoms with Crippen molar-refractivity contribution in [3.8, 4) is 0 Å². The molecule has 0 aliphatic rings. The van der Waals surface area contributed by atoms with E-state index in [1.165, 1.54) is 0 Å². The van der Waals surface area contributed by atoms with Gasteiger partial charge in [-0.1, -0.05) is 18.7 Å². The molecule has 0 saturated carbocycles. The molecule has 0 fully saturated rings. The molecular weight excluding hydrogens is 164 g/mol. The average Bonchev–Trinajstić information content (AvgIpc) is 2.14. The predicted octanol–water partition coefficient (Wildman–Crippen LogP) is 0.620. The highest BCUT2D eigenvalue weighted by atomic mass is 16.1. The first-order valence-corrected chi connectivity index (χ1v) is 4.10. The molecule has 0 radical (unpaired) electrons. The van der Waals surface area contributed by atoms with E-state index in [4.69, 9.17) is 0 Å². The lowest BCUT2D eigenvalue weighted by Gasteiger charge is -2.05. The van der Waals surface area contributed by atoms with Gasteiger partial charge in [-0.3, -0.25) is 4.79 Å². The van der Waals surface area contributed by atoms with Crippen LogP contribution in [0, 0.1) is 0 Å². The number of rotatable bonds is 7. The fraction of sp³-hybridized carbons (Fsp3) is 0.300. The van der Waals surface area contributed by atoms with Crippen LogP contribution in [0.3, 0.4) is 0 Å². The zero-order valence-electron chi connectivity index (χ0n) is 7.81. The van der Waals surface area contributed by atoms with Crippen LogP contribution in [0.15, 0.2) is 37.5 Å². The van der Waals surface area contributed by atoms with Gasteiger partial charge in [0.2, 0.25) is 5.91 Å². The van der Waals surface area contributed by atoms with Crippen molar-refractivity contribution in [2.24, 2.45) is 0 Å². The Hall–Kier alpha value is -1.35. The Balaban J connectivity index is 3.62. The second-order valence-corrected chi connectivity index (χ2v) is 2.52. The van der Waals surface area contributed by atoms with Crippen molar-refractivity contribution in [1.82, 2.24) is 10.6 Å². The molecule has 0 aliphatic carbocycles. The molecule has 0 heterocycles. The van der Waals surface area contributed by atoms with Gasteiger partial charge in [0.25, 0.3) is 0 Å². The van der Waals surface area contributed by atoms with Crippen molar-refractivity contribution < 1.29 is 4.79 Å². The molecule has 3 nitrogen and oxygen atoms in total. The molecule has 3 heteroatoms. The van der Waals surface area contributed by atoms with Crippen LogP contribution in [0.2, 0.25) is 0 Å². The lowest BCUT2D eigenvalue weighted by atomic mass is 10.3. The molecule has 0 aromatic carbocycles. The second kappa shape index (κ2) is 7.31. The third-order valence-corrected chi connectivity index (χ3v) is 1.36. The van der Waals surface area contributed by atoms with E-state index in [1.807, 2.05) is 0 Å². The normalized spacial score (nSPS) is 8.92. The zero-order valence-corrected chi connectivity index (χ0v) is 7.81. The second-order valence-electron chi connectivity index (χ2n) is 2.52. The lowest BCUT2D eigenvalue weighted by molar-refractivity contribution is -0.117. The standard InChI is InChI=1S/C10H16N2O/c1-4-6-11-8-9(3)10(13)12-7-5-2/h4-5,11H,1-3,6-8H2,(H,12,13). The Morgan fingerprint density at radius 1 is 1.23 bits per heavy atom. The molecule has 0 saturated heterocycles. The van der Waals surface area contributed by atoms with Crippen LogP contribution in [0.4, 0.5) is 0 Å². The van der Waals surface area contributed by atoms with E-state index in [1.54, 1.807) is 12.2 Å². The van der Waals surface area contributed by atoms with E-state index in [9.17, 15) is 4.79 Å². The largest absolute Gasteiger partial charge is 0.349 e. The zero-order chi connectivity index (χ0) is 10.1. The first-order chi connectivity index (χ1) is 6.22. The summed E-state index contributed by atoms with van der Waals surface area (Å²) >= 11 is 0. The van der Waals surface area contributed by atoms with Crippen molar-refractivity contribution in [3.63, 3.8) is 0 Å². The molecule has 0 spiro atoms. The summed E-state index contributed by atoms with van der Waals surface area (Å²) in [6.45, 7) is 12.3. The van der Waals surface area contributed by atoms with Gasteiger partial charge in [-0.15, -0.1) is 13.2 Å². The Morgan fingerprint density at radius 3 is 2.38 bits per heavy atom. The van der Waals surface area contributed by atoms with E-state index in [-0.39, 0.29) is 5.91 Å². The van der Waals surface area contributed by atoms with Gasteiger partial charge in [0.05, 0.1) is 0 Å². The van der Waals surface area contributed by atoms with Gasteiger partial charge >= 0.3 is 0 Å². The molecule has 1 amide bonds. The highest BCUT2D eigenvalue weighted by molar-refractivity contribution is 5.93. The SMILES string of the molecule is C=CCNCC(=C)C(=O)NCC=C. The molecule has 0 atom stereocenters. The Labute approximate surface area is 79.2 Å². The first kappa shape index (κ1) is 11.6. The van der Waals surface area contributed by atoms with Crippen molar-refractivity contribution >= 4 is 5.91 Å². The van der Waals surface area contributed by atoms with E-state index >= 15 is 0 Å². The summed E-state index contributed by atoms with van der Waals surface area (Å²) in [5, 5.41) is 5.62. The molecule has 0 bridgehead atoms. The number of carbonyl (C=O) groups excluding carboxylic acids is 1. The van der Waals surface area contributed by atoms with Crippen molar-refractivity contribution in [3.05, 3.63) is 37.5 Å². The van der Waals surface area contributed by atoms with Crippen molar-refractivity contribution in [2.45, 2.75) is 0 Å². The van der Waals surface area contributed by atoms with Crippen LogP contribution < -0.4 is 10.6 Å². The summed E-state index contributed by atoms with van der Waals surface area (Å²) in [7, 11) is 0. The molecule has 0 aromatic rings. The summed E-state index contributed by atoms with van der Waals surface area (Å²) in [6, 6.07) is 0. The minimum absolute atomic E-state index is 0.142. The van der Waals surface area contributed by atoms with Gasteiger partial charge in [-0.2, -0.15) is 0 Å². The van der Waals surface area contributed by atoms with Gasteiger partial charge in [-0.05, 0) is 0 Å². The van der Waals surface area contributed by atoms with Crippen LogP contribution in [-0.2, 0) is 4.79 Å². The monoisotopic (exact) mass is 180 g/mol. The molecule has 0 aromatic heterocycles. The topological polar surface area (TPSA) is 41.1 Å². The van der Waals surface area contributed by atoms with E-state index in [2.05, 4.69) is 30.4 Å². The summed E-state index contributed by atoms with van der Waals surface area (Å²) in [4.78, 5) is 11.2. The molecule has 0 unspecified atom stereocenters. The number of amides is 1. The van der Waals surface area contributed by atoms with E-state index < -0.39 is 0 Å². The Bertz CT molecular complexity index is 209. The molecule has 13 heavy (non-hydrogen) atoms. The Kier molecular flexibility index (Phi) is 6.55. The van der Waals surface area contributed by atoms with Crippen LogP contribution in [0.25, 0.3) is 0 Å². The van der Waals surface area contributed by atoms with Gasteiger partial charge in [-0.25, -0.2) is 0 Å². The maximum atomic E-state index is 11.2. The average molecular weight is 180 g/mol. The highest BCUT2D eigenvalue weighted by Gasteiger charge is 2.03. The molecule has 0 aliphatic heterocycles. The number of carbonyl (C=O) groups is 1. The van der Waals surface area contributed by atoms with Gasteiger partial charge < -0.3 is 10.6 Å². The van der Waals surface area contributed by atoms with Gasteiger partial charge in [0.1, 0.15) is 0 Å². The summed E-state index contributed by atoms with van der Waals surface area (Å²) in [5.41, 5.74) is 0.517. The lowest BCUT2D eigenvalue weighted by Crippen LogP contribution is -2.29. The third-order valence-electron chi connectivity index (χ3n) is 1.36. The van der Waals surface area contributed by atoms with Gasteiger partial charge in [0, 0.05) is 25.2 Å². The molecule has 72 valence electrons. The maximum absolute atomic E-state index is 11.2. The summed E-state index contributed by atoms with van der Waals surface area (Å²) in [5.74, 6) is -0.142. The quantitative estimate of drug-likeness (QED) is 0.342. The summed E-state index contributed by atoms with van der Waals surface area (Å²) < 4.78 is 0. The predicted molar refractivity (Wildman–Crippen MR) is 55.4 cm³/mol. The molecular formula is C10H16N2O. The number of nitrogens with one attached hydrogen (secondary N) is 2. The maximum Gasteiger partial charge on any atom is 0.248 e. The van der Waals surface area contributed by atoms with Crippen molar-refractivity contribution in [2.75, 3.05) is 19.6 Å². The first-order valence-electron chi connectivity index (χ1n) is 4.10. The molecule has 0 rings (SSSR count). The third kappa shape index (κ3) is 5.87. The van der Waals surface area contributed by atoms with Crippen LogP contribution in [0.5, 0.6) is 0 Å². The van der Waals surface area contributed by atoms with Crippen LogP contribution in [0.1, 0.15) is 0 Å². The van der Waals surface area contributed by atoms with Gasteiger partial charge in [0.15, 0.2) is 0 Å². The van der Waals surface area contributed by atoms with Crippen LogP contribution >= 0.6 is 0 Å². The minimum Gasteiger partial charge on any atom is -0.349 e. The fourth-order valence-electron chi connectivity index (χ4n) is 0.695. The van der Waals surface area contributed by atoms with Crippen molar-refractivity contribution in [1.29, 1.82) is 0 Å². The Morgan fingerprint density at radius 2 is 1.85 bits per heavy atom. The number of hydrogen-bond donors (Lipinski definition) is 2. The fourth-order valence-corrected chi connectivity index (χ4v) is 0.695. The minimum atomic E-state index is -0.142. The smallest absolute Gasteiger partial charge is 0.248 e. The summed E-state index contributed by atoms with van der Waals surface area (Å²) in [6.07, 6.45) is 3.36.